The van der Waals surface area contributed by atoms with Crippen LogP contribution in [0, 0.1) is 0 Å². The van der Waals surface area contributed by atoms with Crippen LogP contribution in [0.3, 0.4) is 0 Å². The van der Waals surface area contributed by atoms with Gasteiger partial charge in [0.15, 0.2) is 6.10 Å². The fourth-order valence-electron chi connectivity index (χ4n) is 0.826. The molecule has 0 fully saturated rings. The van der Waals surface area contributed by atoms with Crippen LogP contribution in [-0.2, 0) is 13.9 Å². The van der Waals surface area contributed by atoms with Gasteiger partial charge in [0.05, 0.1) is 6.61 Å². The molecule has 0 aromatic carbocycles. The zero-order chi connectivity index (χ0) is 13.8. The second kappa shape index (κ2) is 11.6. The molecule has 0 aromatic heterocycles. The summed E-state index contributed by atoms with van der Waals surface area (Å²) in [6.07, 6.45) is -8.92. The minimum atomic E-state index is -5.69. The van der Waals surface area contributed by atoms with Gasteiger partial charge in [-0.2, -0.15) is 0 Å². The van der Waals surface area contributed by atoms with Gasteiger partial charge in [0.25, 0.3) is 0 Å². The molecule has 0 rings (SSSR count). The van der Waals surface area contributed by atoms with Crippen LogP contribution in [-0.4, -0.2) is 62.5 Å². The SMILES string of the molecule is O=C(OP(=O)([O-])[O-])[C@H](O)[C@@H](O)[C@H](O)[C@H](O)CO.[K+].[Na+]. The van der Waals surface area contributed by atoms with Crippen LogP contribution in [0.4, 0.5) is 0 Å². The standard InChI is InChI=1S/C6H13O10P.K.Na/c7-1-2(8)3(9)4(10)5(11)6(12)16-17(13,14)15;;/h2-5,7-11H,1H2,(H2,13,14,15);;/q;2*+1/p-2/t2-,3-,4+,5-;;/m1../s1. The van der Waals surface area contributed by atoms with Crippen molar-refractivity contribution in [1.82, 2.24) is 0 Å². The van der Waals surface area contributed by atoms with Gasteiger partial charge in [-0.3, -0.25) is 0 Å². The summed E-state index contributed by atoms with van der Waals surface area (Å²) in [7, 11) is -5.69. The molecular weight excluding hydrogens is 325 g/mol. The van der Waals surface area contributed by atoms with Crippen LogP contribution >= 0.6 is 7.82 Å². The molecule has 0 spiro atoms. The molecule has 0 aliphatic carbocycles. The molecule has 0 aliphatic heterocycles. The van der Waals surface area contributed by atoms with Gasteiger partial charge >= 0.3 is 86.9 Å². The molecular formula is C6H11KNaO10P. The van der Waals surface area contributed by atoms with Gasteiger partial charge < -0.3 is 44.4 Å². The van der Waals surface area contributed by atoms with Crippen molar-refractivity contribution in [1.29, 1.82) is 0 Å². The number of phosphoric ester groups is 1. The molecule has 4 atom stereocenters. The Morgan fingerprint density at radius 3 is 1.89 bits per heavy atom. The van der Waals surface area contributed by atoms with E-state index in [0.29, 0.717) is 0 Å². The van der Waals surface area contributed by atoms with Crippen LogP contribution in [0.15, 0.2) is 0 Å². The molecule has 0 amide bonds. The minimum Gasteiger partial charge on any atom is -0.780 e. The Kier molecular flexibility index (Phi) is 15.9. The Labute approximate surface area is 172 Å². The molecule has 0 heterocycles. The Bertz CT molecular complexity index is 310. The van der Waals surface area contributed by atoms with Crippen LogP contribution < -0.4 is 90.7 Å². The summed E-state index contributed by atoms with van der Waals surface area (Å²) >= 11 is 0. The van der Waals surface area contributed by atoms with E-state index in [1.54, 1.807) is 0 Å². The van der Waals surface area contributed by atoms with E-state index in [-0.39, 0.29) is 80.9 Å². The third kappa shape index (κ3) is 10.4. The first-order valence-corrected chi connectivity index (χ1v) is 5.65. The van der Waals surface area contributed by atoms with E-state index in [1.165, 1.54) is 0 Å². The summed E-state index contributed by atoms with van der Waals surface area (Å²) < 4.78 is 13.2. The van der Waals surface area contributed by atoms with Gasteiger partial charge in [-0.25, -0.2) is 4.79 Å². The van der Waals surface area contributed by atoms with Crippen LogP contribution in [0.2, 0.25) is 0 Å². The summed E-state index contributed by atoms with van der Waals surface area (Å²) in [5, 5.41) is 44.4. The largest absolute Gasteiger partial charge is 1.00 e. The summed E-state index contributed by atoms with van der Waals surface area (Å²) in [5.41, 5.74) is 0. The van der Waals surface area contributed by atoms with Crippen molar-refractivity contribution in [3.63, 3.8) is 0 Å². The first-order chi connectivity index (χ1) is 7.60. The quantitative estimate of drug-likeness (QED) is 0.230. The molecule has 5 N–H and O–H groups in total. The summed E-state index contributed by atoms with van der Waals surface area (Å²) in [5.74, 6) is -2.00. The van der Waals surface area contributed by atoms with Crippen molar-refractivity contribution < 1.29 is 130 Å². The number of phosphoric acid groups is 1. The summed E-state index contributed by atoms with van der Waals surface area (Å²) in [6.45, 7) is -0.985. The fraction of sp³-hybridized carbons (Fsp3) is 0.833. The van der Waals surface area contributed by atoms with Gasteiger partial charge in [0.1, 0.15) is 26.1 Å². The van der Waals surface area contributed by atoms with Crippen molar-refractivity contribution >= 4 is 13.8 Å². The van der Waals surface area contributed by atoms with Crippen molar-refractivity contribution in [2.75, 3.05) is 6.61 Å². The molecule has 0 unspecified atom stereocenters. The maximum absolute atomic E-state index is 10.8. The molecule has 102 valence electrons. The second-order valence-corrected chi connectivity index (χ2v) is 4.11. The first kappa shape index (κ1) is 26.0. The number of hydrogen-bond donors (Lipinski definition) is 5. The Morgan fingerprint density at radius 1 is 1.16 bits per heavy atom. The van der Waals surface area contributed by atoms with Crippen LogP contribution in [0.1, 0.15) is 0 Å². The van der Waals surface area contributed by atoms with Gasteiger partial charge in [0, 0.05) is 0 Å². The first-order valence-electron chi connectivity index (χ1n) is 4.18. The molecule has 13 heteroatoms. The summed E-state index contributed by atoms with van der Waals surface area (Å²) in [4.78, 5) is 30.8. The van der Waals surface area contributed by atoms with E-state index in [4.69, 9.17) is 25.5 Å². The number of carbonyl (C=O) groups excluding carboxylic acids is 1. The number of aliphatic hydroxyl groups is 5. The Morgan fingerprint density at radius 2 is 1.58 bits per heavy atom. The second-order valence-electron chi connectivity index (χ2n) is 3.03. The van der Waals surface area contributed by atoms with E-state index in [9.17, 15) is 19.1 Å². The number of carbonyl (C=O) groups is 1. The normalized spacial score (nSPS) is 17.2. The van der Waals surface area contributed by atoms with Gasteiger partial charge in [-0.15, -0.1) is 0 Å². The van der Waals surface area contributed by atoms with Crippen molar-refractivity contribution in [3.8, 4) is 0 Å². The average molecular weight is 336 g/mol. The molecule has 0 bridgehead atoms. The maximum atomic E-state index is 10.8. The average Bonchev–Trinajstić information content (AvgIpc) is 2.22. The van der Waals surface area contributed by atoms with Crippen LogP contribution in [0.25, 0.3) is 0 Å². The van der Waals surface area contributed by atoms with Gasteiger partial charge in [-0.05, 0) is 0 Å². The van der Waals surface area contributed by atoms with E-state index >= 15 is 0 Å². The van der Waals surface area contributed by atoms with Gasteiger partial charge in [0.2, 0.25) is 0 Å². The predicted molar refractivity (Wildman–Crippen MR) is 44.8 cm³/mol. The Hall–Kier alpha value is 2.06. The zero-order valence-corrected chi connectivity index (χ0v) is 16.3. The Balaban J connectivity index is -0.00000128. The van der Waals surface area contributed by atoms with Crippen molar-refractivity contribution in [2.24, 2.45) is 0 Å². The van der Waals surface area contributed by atoms with E-state index in [2.05, 4.69) is 4.52 Å². The molecule has 0 radical (unpaired) electrons. The topological polar surface area (TPSA) is 191 Å². The minimum absolute atomic E-state index is 0. The smallest absolute Gasteiger partial charge is 0.780 e. The summed E-state index contributed by atoms with van der Waals surface area (Å²) in [6, 6.07) is 0. The number of aliphatic hydroxyl groups excluding tert-OH is 5. The molecule has 0 saturated heterocycles. The fourth-order valence-corrected chi connectivity index (χ4v) is 1.15. The van der Waals surface area contributed by atoms with E-state index < -0.39 is 44.8 Å². The van der Waals surface area contributed by atoms with Gasteiger partial charge in [-0.1, -0.05) is 0 Å². The predicted octanol–water partition coefficient (Wildman–Crippen LogP) is -11.2. The van der Waals surface area contributed by atoms with Crippen molar-refractivity contribution in [2.45, 2.75) is 24.4 Å². The molecule has 0 saturated carbocycles. The third-order valence-electron chi connectivity index (χ3n) is 1.70. The number of rotatable bonds is 6. The molecule has 19 heavy (non-hydrogen) atoms. The van der Waals surface area contributed by atoms with Crippen LogP contribution in [0.5, 0.6) is 0 Å². The molecule has 0 aliphatic rings. The van der Waals surface area contributed by atoms with E-state index in [1.807, 2.05) is 0 Å². The zero-order valence-electron chi connectivity index (χ0n) is 10.2. The van der Waals surface area contributed by atoms with Crippen molar-refractivity contribution in [3.05, 3.63) is 0 Å². The third-order valence-corrected chi connectivity index (χ3v) is 2.10. The maximum Gasteiger partial charge on any atom is 1.00 e. The molecule has 0 aromatic rings. The number of hydrogen-bond acceptors (Lipinski definition) is 10. The van der Waals surface area contributed by atoms with E-state index in [0.717, 1.165) is 0 Å². The monoisotopic (exact) mass is 336 g/mol. The molecule has 10 nitrogen and oxygen atoms in total.